The second-order valence-electron chi connectivity index (χ2n) is 8.80. The van der Waals surface area contributed by atoms with E-state index < -0.39 is 0 Å². The van der Waals surface area contributed by atoms with Gasteiger partial charge in [0.25, 0.3) is 0 Å². The van der Waals surface area contributed by atoms with Gasteiger partial charge in [-0.25, -0.2) is 4.98 Å². The minimum atomic E-state index is 0.545. The number of hydrogen-bond acceptors (Lipinski definition) is 7. The predicted molar refractivity (Wildman–Crippen MR) is 138 cm³/mol. The lowest BCUT2D eigenvalue weighted by molar-refractivity contribution is 0.254. The van der Waals surface area contributed by atoms with Crippen molar-refractivity contribution in [3.8, 4) is 11.5 Å². The number of benzene rings is 1. The minimum Gasteiger partial charge on any atom is -0.493 e. The van der Waals surface area contributed by atoms with Crippen molar-refractivity contribution in [2.75, 3.05) is 50.5 Å². The van der Waals surface area contributed by atoms with Crippen LogP contribution in [0.2, 0.25) is 0 Å². The van der Waals surface area contributed by atoms with Crippen LogP contribution in [0.4, 0.5) is 17.5 Å². The summed E-state index contributed by atoms with van der Waals surface area (Å²) in [6.07, 6.45) is 16.8. The molecule has 0 saturated carbocycles. The van der Waals surface area contributed by atoms with Crippen molar-refractivity contribution in [2.45, 2.75) is 44.9 Å². The summed E-state index contributed by atoms with van der Waals surface area (Å²) >= 11 is 0. The van der Waals surface area contributed by atoms with Crippen molar-refractivity contribution in [3.05, 3.63) is 54.3 Å². The SMILES string of the molecule is COc1ccc(Nc2nccc(NCCC3=CCCCC=C3)n2)cc1OCCCN1CCCC1. The van der Waals surface area contributed by atoms with Gasteiger partial charge in [0.2, 0.25) is 5.95 Å². The van der Waals surface area contributed by atoms with Crippen LogP contribution in [0.15, 0.2) is 54.3 Å². The van der Waals surface area contributed by atoms with Gasteiger partial charge in [-0.05, 0) is 76.2 Å². The van der Waals surface area contributed by atoms with Crippen LogP contribution in [0.3, 0.4) is 0 Å². The molecule has 2 aromatic rings. The molecule has 0 amide bonds. The van der Waals surface area contributed by atoms with E-state index in [1.54, 1.807) is 13.3 Å². The predicted octanol–water partition coefficient (Wildman–Crippen LogP) is 5.56. The number of ether oxygens (including phenoxy) is 2. The third-order valence-electron chi connectivity index (χ3n) is 6.18. The highest BCUT2D eigenvalue weighted by atomic mass is 16.5. The summed E-state index contributed by atoms with van der Waals surface area (Å²) in [4.78, 5) is 11.5. The molecule has 1 aromatic heterocycles. The fourth-order valence-corrected chi connectivity index (χ4v) is 4.34. The highest BCUT2D eigenvalue weighted by Gasteiger charge is 2.12. The van der Waals surface area contributed by atoms with Crippen molar-refractivity contribution >= 4 is 17.5 Å². The van der Waals surface area contributed by atoms with Gasteiger partial charge in [0.15, 0.2) is 11.5 Å². The Balaban J connectivity index is 1.29. The molecule has 0 bridgehead atoms. The van der Waals surface area contributed by atoms with Gasteiger partial charge in [-0.3, -0.25) is 0 Å². The van der Waals surface area contributed by atoms with Gasteiger partial charge in [0.1, 0.15) is 5.82 Å². The molecule has 0 atom stereocenters. The molecule has 2 N–H and O–H groups in total. The summed E-state index contributed by atoms with van der Waals surface area (Å²) in [6.45, 7) is 5.01. The van der Waals surface area contributed by atoms with Crippen molar-refractivity contribution in [3.63, 3.8) is 0 Å². The van der Waals surface area contributed by atoms with Crippen molar-refractivity contribution < 1.29 is 9.47 Å². The van der Waals surface area contributed by atoms with Gasteiger partial charge in [-0.15, -0.1) is 0 Å². The summed E-state index contributed by atoms with van der Waals surface area (Å²) in [5.74, 6) is 2.81. The molecule has 34 heavy (non-hydrogen) atoms. The molecule has 4 rings (SSSR count). The number of hydrogen-bond donors (Lipinski definition) is 2. The number of methoxy groups -OCH3 is 1. The highest BCUT2D eigenvalue weighted by molar-refractivity contribution is 5.60. The van der Waals surface area contributed by atoms with Crippen LogP contribution in [-0.4, -0.2) is 54.8 Å². The topological polar surface area (TPSA) is 71.5 Å². The van der Waals surface area contributed by atoms with E-state index in [1.807, 2.05) is 24.3 Å². The van der Waals surface area contributed by atoms with Gasteiger partial charge in [-0.1, -0.05) is 23.8 Å². The van der Waals surface area contributed by atoms with E-state index >= 15 is 0 Å². The highest BCUT2D eigenvalue weighted by Crippen LogP contribution is 2.31. The first-order valence-corrected chi connectivity index (χ1v) is 12.5. The quantitative estimate of drug-likeness (QED) is 0.399. The largest absolute Gasteiger partial charge is 0.493 e. The summed E-state index contributed by atoms with van der Waals surface area (Å²) < 4.78 is 11.5. The van der Waals surface area contributed by atoms with Gasteiger partial charge < -0.3 is 25.0 Å². The zero-order valence-electron chi connectivity index (χ0n) is 20.3. The zero-order chi connectivity index (χ0) is 23.4. The van der Waals surface area contributed by atoms with E-state index in [0.717, 1.165) is 55.4 Å². The molecule has 1 aliphatic carbocycles. The number of allylic oxidation sites excluding steroid dienone is 3. The van der Waals surface area contributed by atoms with Crippen LogP contribution in [0.1, 0.15) is 44.9 Å². The molecule has 1 saturated heterocycles. The van der Waals surface area contributed by atoms with E-state index in [0.29, 0.717) is 12.6 Å². The van der Waals surface area contributed by atoms with E-state index in [-0.39, 0.29) is 0 Å². The number of rotatable bonds is 12. The minimum absolute atomic E-state index is 0.545. The Morgan fingerprint density at radius 3 is 2.85 bits per heavy atom. The van der Waals surface area contributed by atoms with E-state index in [9.17, 15) is 0 Å². The summed E-state index contributed by atoms with van der Waals surface area (Å²) in [5, 5.41) is 6.70. The van der Waals surface area contributed by atoms with Gasteiger partial charge in [-0.2, -0.15) is 4.98 Å². The first kappa shape index (κ1) is 24.1. The van der Waals surface area contributed by atoms with Crippen molar-refractivity contribution in [2.24, 2.45) is 0 Å². The molecule has 182 valence electrons. The maximum atomic E-state index is 6.05. The Bertz CT molecular complexity index is 969. The van der Waals surface area contributed by atoms with Gasteiger partial charge in [0.05, 0.1) is 13.7 Å². The molecule has 1 fully saturated rings. The molecular weight excluding hydrogens is 426 g/mol. The molecule has 1 aliphatic heterocycles. The number of likely N-dealkylation sites (tertiary alicyclic amines) is 1. The molecular formula is C27H37N5O2. The summed E-state index contributed by atoms with van der Waals surface area (Å²) in [5.41, 5.74) is 2.25. The summed E-state index contributed by atoms with van der Waals surface area (Å²) in [6, 6.07) is 7.70. The number of nitrogens with one attached hydrogen (secondary N) is 2. The molecule has 0 spiro atoms. The lowest BCUT2D eigenvalue weighted by Crippen LogP contribution is -2.21. The molecule has 7 nitrogen and oxygen atoms in total. The Labute approximate surface area is 203 Å². The molecule has 1 aromatic carbocycles. The second-order valence-corrected chi connectivity index (χ2v) is 8.80. The molecule has 0 unspecified atom stereocenters. The van der Waals surface area contributed by atoms with Crippen molar-refractivity contribution in [1.29, 1.82) is 0 Å². The van der Waals surface area contributed by atoms with Crippen molar-refractivity contribution in [1.82, 2.24) is 14.9 Å². The summed E-state index contributed by atoms with van der Waals surface area (Å²) in [7, 11) is 1.67. The van der Waals surface area contributed by atoms with Gasteiger partial charge >= 0.3 is 0 Å². The number of aromatic nitrogens is 2. The third kappa shape index (κ3) is 7.48. The first-order chi connectivity index (χ1) is 16.8. The molecule has 7 heteroatoms. The number of nitrogens with zero attached hydrogens (tertiary/aromatic N) is 3. The van der Waals surface area contributed by atoms with Crippen LogP contribution in [0.5, 0.6) is 11.5 Å². The van der Waals surface area contributed by atoms with Crippen LogP contribution in [0, 0.1) is 0 Å². The lowest BCUT2D eigenvalue weighted by Gasteiger charge is -2.16. The van der Waals surface area contributed by atoms with Gasteiger partial charge in [0, 0.05) is 31.0 Å². The molecule has 0 radical (unpaired) electrons. The van der Waals surface area contributed by atoms with Crippen LogP contribution < -0.4 is 20.1 Å². The Hall–Kier alpha value is -3.06. The van der Waals surface area contributed by atoms with Crippen LogP contribution >= 0.6 is 0 Å². The lowest BCUT2D eigenvalue weighted by atomic mass is 10.1. The smallest absolute Gasteiger partial charge is 0.229 e. The third-order valence-corrected chi connectivity index (χ3v) is 6.18. The standard InChI is InChI=1S/C27H37N5O2/c1-33-24-12-11-23(21-25(24)34-20-8-19-32-17-6-7-18-32)30-27-29-16-14-26(31-27)28-15-13-22-9-4-2-3-5-10-22/h4,9-12,14,16,21H,2-3,5-8,13,15,17-20H2,1H3,(H2,28,29,30,31). The Morgan fingerprint density at radius 1 is 1.06 bits per heavy atom. The Kier molecular flexibility index (Phi) is 9.20. The van der Waals surface area contributed by atoms with Crippen LogP contribution in [-0.2, 0) is 0 Å². The Morgan fingerprint density at radius 2 is 1.97 bits per heavy atom. The fraction of sp³-hybridized carbons (Fsp3) is 0.481. The second kappa shape index (κ2) is 13.0. The molecule has 2 heterocycles. The van der Waals surface area contributed by atoms with E-state index in [2.05, 4.69) is 43.7 Å². The first-order valence-electron chi connectivity index (χ1n) is 12.5. The zero-order valence-corrected chi connectivity index (χ0v) is 20.3. The number of anilines is 3. The maximum absolute atomic E-state index is 6.05. The maximum Gasteiger partial charge on any atom is 0.229 e. The van der Waals surface area contributed by atoms with E-state index in [1.165, 1.54) is 44.3 Å². The van der Waals surface area contributed by atoms with Crippen LogP contribution in [0.25, 0.3) is 0 Å². The normalized spacial score (nSPS) is 16.1. The van der Waals surface area contributed by atoms with E-state index in [4.69, 9.17) is 9.47 Å². The average molecular weight is 464 g/mol. The average Bonchev–Trinajstić information content (AvgIpc) is 3.24. The molecule has 2 aliphatic rings. The monoisotopic (exact) mass is 463 g/mol. The fourth-order valence-electron chi connectivity index (χ4n) is 4.34.